The van der Waals surface area contributed by atoms with Gasteiger partial charge in [0.15, 0.2) is 5.78 Å². The fraction of sp³-hybridized carbons (Fsp3) is 0.269. The van der Waals surface area contributed by atoms with E-state index >= 15 is 0 Å². The molecule has 2 aromatic rings. The Balaban J connectivity index is 1.73. The minimum atomic E-state index is -1.31. The monoisotopic (exact) mass is 475 g/mol. The number of nitrogens with zero attached hydrogens (tertiary/aromatic N) is 2. The zero-order valence-electron chi connectivity index (χ0n) is 19.2. The van der Waals surface area contributed by atoms with Crippen LogP contribution in [0.4, 0.5) is 11.4 Å². The van der Waals surface area contributed by atoms with Crippen LogP contribution < -0.4 is 10.2 Å². The van der Waals surface area contributed by atoms with E-state index in [9.17, 15) is 24.3 Å². The van der Waals surface area contributed by atoms with E-state index in [2.05, 4.69) is 16.2 Å². The van der Waals surface area contributed by atoms with Crippen LogP contribution >= 0.6 is 0 Å². The maximum absolute atomic E-state index is 12.5. The highest BCUT2D eigenvalue weighted by Crippen LogP contribution is 2.28. The molecule has 180 valence electrons. The number of Topliss-reactive ketones (excluding diaryl/α,β-unsaturated/α-hetero) is 1. The van der Waals surface area contributed by atoms with Gasteiger partial charge in [-0.15, -0.1) is 6.42 Å². The summed E-state index contributed by atoms with van der Waals surface area (Å²) in [5, 5.41) is 20.4. The van der Waals surface area contributed by atoms with Crippen LogP contribution in [0, 0.1) is 12.3 Å². The summed E-state index contributed by atoms with van der Waals surface area (Å²) < 4.78 is 0. The summed E-state index contributed by atoms with van der Waals surface area (Å²) in [6.45, 7) is 2.53. The molecule has 35 heavy (non-hydrogen) atoms. The maximum Gasteiger partial charge on any atom is 0.326 e. The lowest BCUT2D eigenvalue weighted by molar-refractivity contribution is -0.140. The molecule has 1 heterocycles. The molecule has 9 nitrogen and oxygen atoms in total. The Bertz CT molecular complexity index is 1230. The van der Waals surface area contributed by atoms with E-state index in [1.165, 1.54) is 12.1 Å². The minimum Gasteiger partial charge on any atom is -0.481 e. The number of aliphatic imine (C=N–C) groups is 1. The molecule has 0 unspecified atom stereocenters. The second-order valence-corrected chi connectivity index (χ2v) is 8.20. The van der Waals surface area contributed by atoms with Gasteiger partial charge in [-0.3, -0.25) is 19.4 Å². The summed E-state index contributed by atoms with van der Waals surface area (Å²) in [5.74, 6) is -0.441. The van der Waals surface area contributed by atoms with Crippen molar-refractivity contribution in [1.82, 2.24) is 5.32 Å². The Morgan fingerprint density at radius 1 is 1.17 bits per heavy atom. The number of carboxylic acids is 2. The number of fused-ring (bicyclic) bond motifs is 1. The lowest BCUT2D eigenvalue weighted by Crippen LogP contribution is -2.41. The van der Waals surface area contributed by atoms with Crippen molar-refractivity contribution in [2.24, 2.45) is 4.99 Å². The van der Waals surface area contributed by atoms with Crippen LogP contribution in [0.3, 0.4) is 0 Å². The summed E-state index contributed by atoms with van der Waals surface area (Å²) in [4.78, 5) is 53.3. The van der Waals surface area contributed by atoms with Gasteiger partial charge < -0.3 is 20.4 Å². The second-order valence-electron chi connectivity index (χ2n) is 8.20. The van der Waals surface area contributed by atoms with Crippen LogP contribution in [0.2, 0.25) is 0 Å². The topological polar surface area (TPSA) is 136 Å². The molecule has 0 radical (unpaired) electrons. The molecule has 0 saturated carbocycles. The van der Waals surface area contributed by atoms with Crippen molar-refractivity contribution in [3.63, 3.8) is 0 Å². The molecule has 0 fully saturated rings. The number of carboxylic acid groups (broad SMARTS) is 2. The van der Waals surface area contributed by atoms with Gasteiger partial charge in [0, 0.05) is 41.9 Å². The van der Waals surface area contributed by atoms with Gasteiger partial charge in [-0.05, 0) is 55.3 Å². The quantitative estimate of drug-likeness (QED) is 0.449. The van der Waals surface area contributed by atoms with Gasteiger partial charge >= 0.3 is 11.9 Å². The fourth-order valence-corrected chi connectivity index (χ4v) is 3.73. The highest BCUT2D eigenvalue weighted by Gasteiger charge is 2.22. The number of amides is 1. The molecule has 2 aromatic carbocycles. The molecule has 1 aliphatic rings. The number of hydrogen-bond donors (Lipinski definition) is 3. The Morgan fingerprint density at radius 3 is 2.51 bits per heavy atom. The van der Waals surface area contributed by atoms with Crippen LogP contribution in [0.25, 0.3) is 0 Å². The van der Waals surface area contributed by atoms with Gasteiger partial charge in [0.05, 0.1) is 12.2 Å². The molecule has 0 bridgehead atoms. The van der Waals surface area contributed by atoms with Crippen molar-refractivity contribution in [3.05, 3.63) is 59.2 Å². The van der Waals surface area contributed by atoms with E-state index < -0.39 is 23.9 Å². The molecule has 0 aliphatic carbocycles. The van der Waals surface area contributed by atoms with Gasteiger partial charge in [-0.2, -0.15) is 0 Å². The van der Waals surface area contributed by atoms with Crippen LogP contribution in [-0.2, 0) is 16.1 Å². The predicted octanol–water partition coefficient (Wildman–Crippen LogP) is 3.05. The summed E-state index contributed by atoms with van der Waals surface area (Å²) in [6, 6.07) is 10.7. The van der Waals surface area contributed by atoms with Gasteiger partial charge in [0.2, 0.25) is 0 Å². The highest BCUT2D eigenvalue weighted by molar-refractivity contribution is 6.15. The third-order valence-electron chi connectivity index (χ3n) is 5.49. The van der Waals surface area contributed by atoms with E-state index in [-0.39, 0.29) is 30.7 Å². The van der Waals surface area contributed by atoms with Gasteiger partial charge in [-0.25, -0.2) is 4.79 Å². The number of rotatable bonds is 10. The molecule has 1 amide bonds. The van der Waals surface area contributed by atoms with Crippen molar-refractivity contribution in [2.75, 3.05) is 11.4 Å². The average molecular weight is 476 g/mol. The Kier molecular flexibility index (Phi) is 8.00. The Hall–Kier alpha value is -4.45. The highest BCUT2D eigenvalue weighted by atomic mass is 16.4. The number of benzene rings is 2. The van der Waals surface area contributed by atoms with Gasteiger partial charge in [-0.1, -0.05) is 12.0 Å². The molecule has 9 heteroatoms. The number of carbonyl (C=O) groups is 4. The van der Waals surface area contributed by atoms with Crippen LogP contribution in [0.15, 0.2) is 47.5 Å². The predicted molar refractivity (Wildman–Crippen MR) is 130 cm³/mol. The number of carbonyl (C=O) groups excluding carboxylic acids is 2. The Morgan fingerprint density at radius 2 is 1.89 bits per heavy atom. The normalized spacial score (nSPS) is 13.1. The Labute approximate surface area is 202 Å². The largest absolute Gasteiger partial charge is 0.481 e. The van der Waals surface area contributed by atoms with E-state index in [0.29, 0.717) is 24.2 Å². The summed E-state index contributed by atoms with van der Waals surface area (Å²) in [5.41, 5.74) is 3.86. The number of aliphatic carboxylic acids is 2. The number of anilines is 1. The summed E-state index contributed by atoms with van der Waals surface area (Å²) >= 11 is 0. The molecule has 1 atom stereocenters. The minimum absolute atomic E-state index is 0.0243. The summed E-state index contributed by atoms with van der Waals surface area (Å²) in [6.07, 6.45) is 5.25. The fourth-order valence-electron chi connectivity index (χ4n) is 3.73. The lowest BCUT2D eigenvalue weighted by atomic mass is 9.98. The first kappa shape index (κ1) is 25.2. The molecule has 3 rings (SSSR count). The SMILES string of the molecule is C#CCN(Cc1ccc2c(c1)C(=O)CC(C)=N2)c1ccc(C(=O)N[C@@H](CCC(=O)O)C(=O)O)cc1. The van der Waals surface area contributed by atoms with E-state index in [4.69, 9.17) is 11.5 Å². The van der Waals surface area contributed by atoms with Gasteiger partial charge in [0.1, 0.15) is 6.04 Å². The molecule has 0 aromatic heterocycles. The molecular weight excluding hydrogens is 450 g/mol. The molecule has 0 spiro atoms. The summed E-state index contributed by atoms with van der Waals surface area (Å²) in [7, 11) is 0. The third kappa shape index (κ3) is 6.54. The van der Waals surface area contributed by atoms with Crippen LogP contribution in [0.1, 0.15) is 52.5 Å². The smallest absolute Gasteiger partial charge is 0.326 e. The van der Waals surface area contributed by atoms with Crippen molar-refractivity contribution in [1.29, 1.82) is 0 Å². The van der Waals surface area contributed by atoms with E-state index in [1.54, 1.807) is 12.1 Å². The van der Waals surface area contributed by atoms with Crippen LogP contribution in [0.5, 0.6) is 0 Å². The number of ketones is 1. The number of hydrogen-bond acceptors (Lipinski definition) is 6. The van der Waals surface area contributed by atoms with Crippen molar-refractivity contribution in [3.8, 4) is 12.3 Å². The van der Waals surface area contributed by atoms with Crippen LogP contribution in [-0.4, -0.2) is 52.1 Å². The molecule has 0 saturated heterocycles. The van der Waals surface area contributed by atoms with E-state index in [1.807, 2.05) is 30.0 Å². The first-order valence-electron chi connectivity index (χ1n) is 10.9. The average Bonchev–Trinajstić information content (AvgIpc) is 2.81. The molecule has 1 aliphatic heterocycles. The second kappa shape index (κ2) is 11.1. The zero-order valence-corrected chi connectivity index (χ0v) is 19.2. The lowest BCUT2D eigenvalue weighted by Gasteiger charge is -2.24. The first-order valence-corrected chi connectivity index (χ1v) is 10.9. The van der Waals surface area contributed by atoms with Gasteiger partial charge in [0.25, 0.3) is 5.91 Å². The zero-order chi connectivity index (χ0) is 25.5. The standard InChI is InChI=1S/C26H25N3O6/c1-3-12-29(15-17-4-9-21-20(14-17)23(30)13-16(2)27-21)19-7-5-18(6-8-19)25(33)28-22(26(34)35)10-11-24(31)32/h1,4-9,14,22H,10-13,15H2,2H3,(H,28,33)(H,31,32)(H,34,35)/t22-/m0/s1. The first-order chi connectivity index (χ1) is 16.7. The number of nitrogens with one attached hydrogen (secondary N) is 1. The van der Waals surface area contributed by atoms with Crippen molar-refractivity contribution >= 4 is 40.7 Å². The third-order valence-corrected chi connectivity index (χ3v) is 5.49. The maximum atomic E-state index is 12.5. The van der Waals surface area contributed by atoms with Crippen molar-refractivity contribution in [2.45, 2.75) is 38.8 Å². The number of terminal acetylenes is 1. The molecular formula is C26H25N3O6. The molecule has 3 N–H and O–H groups in total. The van der Waals surface area contributed by atoms with E-state index in [0.717, 1.165) is 17.0 Å². The van der Waals surface area contributed by atoms with Crippen molar-refractivity contribution < 1.29 is 29.4 Å².